The van der Waals surface area contributed by atoms with Gasteiger partial charge in [0.15, 0.2) is 0 Å². The van der Waals surface area contributed by atoms with Crippen LogP contribution in [0, 0.1) is 0 Å². The van der Waals surface area contributed by atoms with Crippen LogP contribution in [0.25, 0.3) is 0 Å². The third-order valence-electron chi connectivity index (χ3n) is 2.73. The smallest absolute Gasteiger partial charge is 0.319 e. The van der Waals surface area contributed by atoms with Crippen molar-refractivity contribution >= 4 is 15.9 Å². The molecule has 0 unspecified atom stereocenters. The minimum absolute atomic E-state index is 0.356. The lowest BCUT2D eigenvalue weighted by Gasteiger charge is -2.15. The van der Waals surface area contributed by atoms with E-state index in [9.17, 15) is 0 Å². The molecule has 1 fully saturated rings. The Hall–Kier alpha value is -0.880. The molecule has 5 nitrogen and oxygen atoms in total. The van der Waals surface area contributed by atoms with Crippen molar-refractivity contribution < 1.29 is 9.47 Å². The Morgan fingerprint density at radius 1 is 1.53 bits per heavy atom. The molecule has 0 saturated heterocycles. The lowest BCUT2D eigenvalue weighted by Crippen LogP contribution is -2.26. The molecule has 0 amide bonds. The summed E-state index contributed by atoms with van der Waals surface area (Å²) in [5, 5.41) is 0. The fourth-order valence-electron chi connectivity index (χ4n) is 1.53. The largest absolute Gasteiger partial charge is 0.480 e. The van der Waals surface area contributed by atoms with E-state index in [2.05, 4.69) is 37.8 Å². The van der Waals surface area contributed by atoms with Crippen LogP contribution in [-0.2, 0) is 0 Å². The highest BCUT2D eigenvalue weighted by Gasteiger charge is 2.25. The maximum absolute atomic E-state index is 5.49. The van der Waals surface area contributed by atoms with E-state index in [1.807, 2.05) is 0 Å². The first kappa shape index (κ1) is 12.6. The number of halogens is 1. The van der Waals surface area contributed by atoms with Gasteiger partial charge in [0, 0.05) is 12.6 Å². The molecule has 0 spiro atoms. The minimum atomic E-state index is 0.356. The lowest BCUT2D eigenvalue weighted by molar-refractivity contribution is 0.218. The summed E-state index contributed by atoms with van der Waals surface area (Å²) in [5.74, 6) is 0.491. The SMILES string of the molecule is COc1nc(OCCN(C)C2CC2)ncc1Br. The minimum Gasteiger partial charge on any atom is -0.480 e. The zero-order chi connectivity index (χ0) is 12.3. The van der Waals surface area contributed by atoms with Gasteiger partial charge in [0.1, 0.15) is 6.61 Å². The second-order valence-corrected chi connectivity index (χ2v) is 4.92. The molecule has 0 radical (unpaired) electrons. The van der Waals surface area contributed by atoms with E-state index in [0.717, 1.165) is 17.1 Å². The molecule has 0 aliphatic heterocycles. The zero-order valence-electron chi connectivity index (χ0n) is 10.0. The summed E-state index contributed by atoms with van der Waals surface area (Å²) in [7, 11) is 3.68. The van der Waals surface area contributed by atoms with E-state index in [-0.39, 0.29) is 0 Å². The first-order chi connectivity index (χ1) is 8.20. The molecule has 0 bridgehead atoms. The zero-order valence-corrected chi connectivity index (χ0v) is 11.6. The summed E-state index contributed by atoms with van der Waals surface area (Å²) in [5.41, 5.74) is 0. The highest BCUT2D eigenvalue weighted by Crippen LogP contribution is 2.25. The van der Waals surface area contributed by atoms with Crippen molar-refractivity contribution in [2.24, 2.45) is 0 Å². The van der Waals surface area contributed by atoms with E-state index in [1.165, 1.54) is 12.8 Å². The lowest BCUT2D eigenvalue weighted by atomic mass is 10.5. The molecule has 17 heavy (non-hydrogen) atoms. The molecule has 6 heteroatoms. The second-order valence-electron chi connectivity index (χ2n) is 4.07. The topological polar surface area (TPSA) is 47.5 Å². The Morgan fingerprint density at radius 2 is 2.29 bits per heavy atom. The van der Waals surface area contributed by atoms with Crippen molar-refractivity contribution in [3.05, 3.63) is 10.7 Å². The Balaban J connectivity index is 1.81. The molecule has 1 aromatic heterocycles. The third-order valence-corrected chi connectivity index (χ3v) is 3.27. The number of ether oxygens (including phenoxy) is 2. The molecule has 1 aromatic rings. The molecule has 2 rings (SSSR count). The first-order valence-electron chi connectivity index (χ1n) is 5.60. The van der Waals surface area contributed by atoms with Crippen molar-refractivity contribution in [1.29, 1.82) is 0 Å². The highest BCUT2D eigenvalue weighted by atomic mass is 79.9. The standard InChI is InChI=1S/C11H16BrN3O2/c1-15(8-3-4-8)5-6-17-11-13-7-9(12)10(14-11)16-2/h7-8H,3-6H2,1-2H3. The van der Waals surface area contributed by atoms with Crippen LogP contribution < -0.4 is 9.47 Å². The summed E-state index contributed by atoms with van der Waals surface area (Å²) < 4.78 is 11.3. The van der Waals surface area contributed by atoms with E-state index in [4.69, 9.17) is 9.47 Å². The molecule has 1 aliphatic rings. The number of likely N-dealkylation sites (N-methyl/N-ethyl adjacent to an activating group) is 1. The van der Waals surface area contributed by atoms with E-state index >= 15 is 0 Å². The Labute approximate surface area is 109 Å². The van der Waals surface area contributed by atoms with Crippen molar-refractivity contribution in [2.45, 2.75) is 18.9 Å². The monoisotopic (exact) mass is 301 g/mol. The van der Waals surface area contributed by atoms with Gasteiger partial charge in [-0.05, 0) is 35.8 Å². The van der Waals surface area contributed by atoms with Gasteiger partial charge in [-0.1, -0.05) is 0 Å². The molecule has 1 heterocycles. The van der Waals surface area contributed by atoms with Crippen LogP contribution in [0.15, 0.2) is 10.7 Å². The Kier molecular flexibility index (Phi) is 4.17. The van der Waals surface area contributed by atoms with Gasteiger partial charge < -0.3 is 14.4 Å². The third kappa shape index (κ3) is 3.54. The van der Waals surface area contributed by atoms with Crippen LogP contribution in [0.5, 0.6) is 11.9 Å². The fourth-order valence-corrected chi connectivity index (χ4v) is 1.88. The van der Waals surface area contributed by atoms with Gasteiger partial charge in [0.05, 0.1) is 17.8 Å². The number of rotatable bonds is 6. The number of hydrogen-bond acceptors (Lipinski definition) is 5. The maximum Gasteiger partial charge on any atom is 0.319 e. The van der Waals surface area contributed by atoms with Crippen LogP contribution in [0.1, 0.15) is 12.8 Å². The van der Waals surface area contributed by atoms with Gasteiger partial charge in [-0.2, -0.15) is 4.98 Å². The van der Waals surface area contributed by atoms with Crippen molar-refractivity contribution in [1.82, 2.24) is 14.9 Å². The van der Waals surface area contributed by atoms with E-state index in [1.54, 1.807) is 13.3 Å². The average molecular weight is 302 g/mol. The second kappa shape index (κ2) is 5.64. The highest BCUT2D eigenvalue weighted by molar-refractivity contribution is 9.10. The molecule has 0 N–H and O–H groups in total. The van der Waals surface area contributed by atoms with Gasteiger partial charge in [0.2, 0.25) is 5.88 Å². The van der Waals surface area contributed by atoms with Gasteiger partial charge in [-0.15, -0.1) is 0 Å². The summed E-state index contributed by atoms with van der Waals surface area (Å²) in [6, 6.07) is 1.10. The van der Waals surface area contributed by atoms with E-state index in [0.29, 0.717) is 18.5 Å². The van der Waals surface area contributed by atoms with Crippen molar-refractivity contribution in [3.8, 4) is 11.9 Å². The predicted molar refractivity (Wildman–Crippen MR) is 67.4 cm³/mol. The van der Waals surface area contributed by atoms with Crippen LogP contribution >= 0.6 is 15.9 Å². The van der Waals surface area contributed by atoms with Gasteiger partial charge in [-0.3, -0.25) is 0 Å². The molecule has 1 saturated carbocycles. The molecular formula is C11H16BrN3O2. The van der Waals surface area contributed by atoms with E-state index < -0.39 is 0 Å². The molecule has 94 valence electrons. The van der Waals surface area contributed by atoms with Gasteiger partial charge >= 0.3 is 6.01 Å². The molecule has 1 aliphatic carbocycles. The number of aromatic nitrogens is 2. The quantitative estimate of drug-likeness (QED) is 0.801. The van der Waals surface area contributed by atoms with Crippen LogP contribution in [0.4, 0.5) is 0 Å². The Bertz CT molecular complexity index is 385. The normalized spacial score (nSPS) is 15.1. The summed E-state index contributed by atoms with van der Waals surface area (Å²) >= 11 is 3.30. The van der Waals surface area contributed by atoms with Gasteiger partial charge in [-0.25, -0.2) is 4.98 Å². The van der Waals surface area contributed by atoms with Crippen molar-refractivity contribution in [2.75, 3.05) is 27.3 Å². The van der Waals surface area contributed by atoms with Crippen LogP contribution in [-0.4, -0.2) is 48.2 Å². The molecular weight excluding hydrogens is 286 g/mol. The number of hydrogen-bond donors (Lipinski definition) is 0. The maximum atomic E-state index is 5.49. The van der Waals surface area contributed by atoms with Crippen molar-refractivity contribution in [3.63, 3.8) is 0 Å². The fraction of sp³-hybridized carbons (Fsp3) is 0.636. The van der Waals surface area contributed by atoms with Crippen LogP contribution in [0.2, 0.25) is 0 Å². The number of methoxy groups -OCH3 is 1. The molecule has 0 aromatic carbocycles. The number of nitrogens with zero attached hydrogens (tertiary/aromatic N) is 3. The predicted octanol–water partition coefficient (Wildman–Crippen LogP) is 1.72. The van der Waals surface area contributed by atoms with Gasteiger partial charge in [0.25, 0.3) is 0 Å². The summed E-state index contributed by atoms with van der Waals surface area (Å²) in [6.45, 7) is 1.49. The summed E-state index contributed by atoms with van der Waals surface area (Å²) in [6.07, 6.45) is 4.24. The summed E-state index contributed by atoms with van der Waals surface area (Å²) in [4.78, 5) is 10.5. The first-order valence-corrected chi connectivity index (χ1v) is 6.39. The molecule has 0 atom stereocenters. The Morgan fingerprint density at radius 3 is 2.94 bits per heavy atom. The average Bonchev–Trinajstić information content (AvgIpc) is 3.15. The van der Waals surface area contributed by atoms with Crippen LogP contribution in [0.3, 0.4) is 0 Å².